The summed E-state index contributed by atoms with van der Waals surface area (Å²) in [5.41, 5.74) is 0. The molecular weight excluding hydrogens is 184 g/mol. The van der Waals surface area contributed by atoms with Gasteiger partial charge in [-0.25, -0.2) is 0 Å². The van der Waals surface area contributed by atoms with Crippen LogP contribution in [0.1, 0.15) is 12.8 Å². The Labute approximate surface area is 91.8 Å². The quantitative estimate of drug-likeness (QED) is 0.492. The van der Waals surface area contributed by atoms with Crippen molar-refractivity contribution in [1.29, 1.82) is 0 Å². The third-order valence-corrected chi connectivity index (χ3v) is 2.02. The first-order valence-corrected chi connectivity index (χ1v) is 3.75. The molecule has 2 unspecified atom stereocenters. The zero-order valence-electron chi connectivity index (χ0n) is 7.14. The van der Waals surface area contributed by atoms with Gasteiger partial charge in [0.1, 0.15) is 0 Å². The Morgan fingerprint density at radius 3 is 2.23 bits per heavy atom. The van der Waals surface area contributed by atoms with Gasteiger partial charge >= 0.3 is 11.9 Å². The first-order chi connectivity index (χ1) is 5.63. The highest BCUT2D eigenvalue weighted by Gasteiger charge is 2.32. The van der Waals surface area contributed by atoms with Crippen molar-refractivity contribution in [3.8, 4) is 0 Å². The van der Waals surface area contributed by atoms with Gasteiger partial charge < -0.3 is 10.2 Å². The number of allylic oxidation sites excluding steroid dienone is 1. The molecular formula is C8H10MgO4. The van der Waals surface area contributed by atoms with E-state index >= 15 is 0 Å². The van der Waals surface area contributed by atoms with E-state index in [1.54, 1.807) is 6.08 Å². The van der Waals surface area contributed by atoms with Gasteiger partial charge in [0.15, 0.2) is 0 Å². The van der Waals surface area contributed by atoms with Gasteiger partial charge in [-0.3, -0.25) is 9.59 Å². The zero-order valence-corrected chi connectivity index (χ0v) is 8.56. The minimum absolute atomic E-state index is 0. The standard InChI is InChI=1S/C8H10O4.Mg/c9-7(10)5-3-1-2-4-6(5)8(11)12;/h1,3,5-6H,2,4H2,(H,9,10)(H,11,12);. The molecule has 1 rings (SSSR count). The number of aliphatic carboxylic acids is 2. The molecule has 0 spiro atoms. The van der Waals surface area contributed by atoms with Gasteiger partial charge in [-0.15, -0.1) is 0 Å². The van der Waals surface area contributed by atoms with E-state index in [0.29, 0.717) is 12.8 Å². The van der Waals surface area contributed by atoms with Crippen molar-refractivity contribution in [2.45, 2.75) is 12.8 Å². The first-order valence-electron chi connectivity index (χ1n) is 3.75. The molecule has 0 aliphatic heterocycles. The summed E-state index contributed by atoms with van der Waals surface area (Å²) in [6.07, 6.45) is 4.26. The SMILES string of the molecule is O=C(O)C1C=CCCC1C(=O)O.[Mg]. The molecule has 13 heavy (non-hydrogen) atoms. The van der Waals surface area contributed by atoms with Crippen LogP contribution in [-0.2, 0) is 9.59 Å². The average molecular weight is 194 g/mol. The lowest BCUT2D eigenvalue weighted by Gasteiger charge is -2.19. The molecule has 0 aromatic heterocycles. The highest BCUT2D eigenvalue weighted by Crippen LogP contribution is 2.24. The van der Waals surface area contributed by atoms with E-state index < -0.39 is 23.8 Å². The maximum Gasteiger partial charge on any atom is 0.311 e. The summed E-state index contributed by atoms with van der Waals surface area (Å²) >= 11 is 0. The fourth-order valence-corrected chi connectivity index (χ4v) is 1.36. The second kappa shape index (κ2) is 5.24. The highest BCUT2D eigenvalue weighted by molar-refractivity contribution is 5.81. The van der Waals surface area contributed by atoms with Crippen molar-refractivity contribution in [3.05, 3.63) is 12.2 Å². The largest absolute Gasteiger partial charge is 0.481 e. The van der Waals surface area contributed by atoms with Gasteiger partial charge in [-0.1, -0.05) is 12.2 Å². The van der Waals surface area contributed by atoms with Crippen LogP contribution in [0.25, 0.3) is 0 Å². The molecule has 0 fully saturated rings. The van der Waals surface area contributed by atoms with E-state index in [4.69, 9.17) is 10.2 Å². The summed E-state index contributed by atoms with van der Waals surface area (Å²) < 4.78 is 0. The number of carboxylic acid groups (broad SMARTS) is 2. The lowest BCUT2D eigenvalue weighted by Crippen LogP contribution is -2.30. The molecule has 4 nitrogen and oxygen atoms in total. The second-order valence-electron chi connectivity index (χ2n) is 2.81. The van der Waals surface area contributed by atoms with E-state index in [1.807, 2.05) is 0 Å². The predicted molar refractivity (Wildman–Crippen MR) is 46.4 cm³/mol. The highest BCUT2D eigenvalue weighted by atomic mass is 24.3. The molecule has 2 radical (unpaired) electrons. The molecule has 68 valence electrons. The molecule has 0 saturated heterocycles. The topological polar surface area (TPSA) is 74.6 Å². The molecule has 0 aromatic carbocycles. The summed E-state index contributed by atoms with van der Waals surface area (Å²) in [5.74, 6) is -3.69. The minimum atomic E-state index is -1.06. The monoisotopic (exact) mass is 194 g/mol. The number of carbonyl (C=O) groups is 2. The maximum absolute atomic E-state index is 10.6. The number of hydrogen-bond acceptors (Lipinski definition) is 2. The van der Waals surface area contributed by atoms with Gasteiger partial charge in [-0.05, 0) is 12.8 Å². The van der Waals surface area contributed by atoms with Crippen LogP contribution in [-0.4, -0.2) is 45.2 Å². The van der Waals surface area contributed by atoms with Crippen LogP contribution in [0.15, 0.2) is 12.2 Å². The summed E-state index contributed by atoms with van der Waals surface area (Å²) in [6, 6.07) is 0. The molecule has 1 aliphatic rings. The van der Waals surface area contributed by atoms with Crippen molar-refractivity contribution in [3.63, 3.8) is 0 Å². The van der Waals surface area contributed by atoms with E-state index in [-0.39, 0.29) is 23.1 Å². The average Bonchev–Trinajstić information content (AvgIpc) is 2.04. The smallest absolute Gasteiger partial charge is 0.311 e. The lowest BCUT2D eigenvalue weighted by molar-refractivity contribution is -0.152. The number of hydrogen-bond donors (Lipinski definition) is 2. The third kappa shape index (κ3) is 3.00. The van der Waals surface area contributed by atoms with Crippen molar-refractivity contribution in [2.24, 2.45) is 11.8 Å². The molecule has 0 saturated carbocycles. The Kier molecular flexibility index (Phi) is 5.01. The van der Waals surface area contributed by atoms with Crippen LogP contribution in [0.4, 0.5) is 0 Å². The molecule has 0 amide bonds. The molecule has 0 bridgehead atoms. The van der Waals surface area contributed by atoms with Crippen LogP contribution < -0.4 is 0 Å². The van der Waals surface area contributed by atoms with Crippen LogP contribution in [0.3, 0.4) is 0 Å². The van der Waals surface area contributed by atoms with Crippen LogP contribution in [0.5, 0.6) is 0 Å². The van der Waals surface area contributed by atoms with Crippen LogP contribution in [0.2, 0.25) is 0 Å². The van der Waals surface area contributed by atoms with Crippen LogP contribution >= 0.6 is 0 Å². The number of carboxylic acids is 2. The predicted octanol–water partition coefficient (Wildman–Crippen LogP) is 0.357. The van der Waals surface area contributed by atoms with Gasteiger partial charge in [0.25, 0.3) is 0 Å². The van der Waals surface area contributed by atoms with Gasteiger partial charge in [0.05, 0.1) is 11.8 Å². The normalized spacial score (nSPS) is 26.2. The molecule has 5 heteroatoms. The van der Waals surface area contributed by atoms with Crippen LogP contribution in [0, 0.1) is 11.8 Å². The number of rotatable bonds is 2. The lowest BCUT2D eigenvalue weighted by atomic mass is 9.84. The summed E-state index contributed by atoms with van der Waals surface area (Å²) in [4.78, 5) is 21.1. The van der Waals surface area contributed by atoms with Crippen molar-refractivity contribution >= 4 is 35.0 Å². The van der Waals surface area contributed by atoms with Gasteiger partial charge in [0, 0.05) is 23.1 Å². The Balaban J connectivity index is 0.00000144. The van der Waals surface area contributed by atoms with Crippen molar-refractivity contribution < 1.29 is 19.8 Å². The van der Waals surface area contributed by atoms with Gasteiger partial charge in [-0.2, -0.15) is 0 Å². The molecule has 0 aromatic rings. The first kappa shape index (κ1) is 12.4. The molecule has 0 heterocycles. The van der Waals surface area contributed by atoms with E-state index in [1.165, 1.54) is 6.08 Å². The van der Waals surface area contributed by atoms with Crippen molar-refractivity contribution in [2.75, 3.05) is 0 Å². The Morgan fingerprint density at radius 1 is 1.23 bits per heavy atom. The fourth-order valence-electron chi connectivity index (χ4n) is 1.36. The fraction of sp³-hybridized carbons (Fsp3) is 0.500. The maximum atomic E-state index is 10.6. The summed E-state index contributed by atoms with van der Waals surface area (Å²) in [5, 5.41) is 17.3. The van der Waals surface area contributed by atoms with Crippen molar-refractivity contribution in [1.82, 2.24) is 0 Å². The Morgan fingerprint density at radius 2 is 1.85 bits per heavy atom. The van der Waals surface area contributed by atoms with E-state index in [0.717, 1.165) is 0 Å². The third-order valence-electron chi connectivity index (χ3n) is 2.02. The minimum Gasteiger partial charge on any atom is -0.481 e. The molecule has 2 atom stereocenters. The van der Waals surface area contributed by atoms with E-state index in [2.05, 4.69) is 0 Å². The van der Waals surface area contributed by atoms with E-state index in [9.17, 15) is 9.59 Å². The van der Waals surface area contributed by atoms with Gasteiger partial charge in [0.2, 0.25) is 0 Å². The Hall–Kier alpha value is -0.554. The zero-order chi connectivity index (χ0) is 9.14. The molecule has 1 aliphatic carbocycles. The molecule has 2 N–H and O–H groups in total. The summed E-state index contributed by atoms with van der Waals surface area (Å²) in [7, 11) is 0. The Bertz CT molecular complexity index is 236. The summed E-state index contributed by atoms with van der Waals surface area (Å²) in [6.45, 7) is 0. The second-order valence-corrected chi connectivity index (χ2v) is 2.81.